The average Bonchev–Trinajstić information content (AvgIpc) is 3.33. The lowest BCUT2D eigenvalue weighted by Crippen LogP contribution is -2.45. The van der Waals surface area contributed by atoms with Crippen molar-refractivity contribution in [3.8, 4) is 11.5 Å². The van der Waals surface area contributed by atoms with Gasteiger partial charge in [-0.3, -0.25) is 19.7 Å². The number of fused-ring (bicyclic) bond motifs is 1. The Balaban J connectivity index is 1.12. The van der Waals surface area contributed by atoms with Crippen molar-refractivity contribution in [3.05, 3.63) is 78.2 Å². The van der Waals surface area contributed by atoms with E-state index in [9.17, 15) is 4.79 Å². The van der Waals surface area contributed by atoms with Crippen LogP contribution in [0.2, 0.25) is 0 Å². The zero-order chi connectivity index (χ0) is 25.2. The van der Waals surface area contributed by atoms with Gasteiger partial charge in [-0.15, -0.1) is 0 Å². The van der Waals surface area contributed by atoms with Crippen LogP contribution in [0.15, 0.2) is 67.1 Å². The Morgan fingerprint density at radius 3 is 2.43 bits per heavy atom. The van der Waals surface area contributed by atoms with Gasteiger partial charge in [0.1, 0.15) is 5.69 Å². The fraction of sp³-hybridized carbons (Fsp3) is 0.400. The number of imidazole rings is 1. The van der Waals surface area contributed by atoms with Gasteiger partial charge in [0.25, 0.3) is 0 Å². The van der Waals surface area contributed by atoms with Gasteiger partial charge in [0, 0.05) is 50.2 Å². The summed E-state index contributed by atoms with van der Waals surface area (Å²) < 4.78 is 2.37. The van der Waals surface area contributed by atoms with Gasteiger partial charge in [-0.2, -0.15) is 0 Å². The number of likely N-dealkylation sites (tertiary alicyclic amines) is 2. The first kappa shape index (κ1) is 23.8. The Hall–Kier alpha value is -3.58. The van der Waals surface area contributed by atoms with Crippen LogP contribution >= 0.6 is 0 Å². The largest absolute Gasteiger partial charge is 0.342 e. The van der Waals surface area contributed by atoms with Crippen LogP contribution in [0.25, 0.3) is 22.6 Å². The molecule has 0 N–H and O–H groups in total. The van der Waals surface area contributed by atoms with Gasteiger partial charge in [-0.25, -0.2) is 4.98 Å². The molecule has 0 unspecified atom stereocenters. The minimum Gasteiger partial charge on any atom is -0.342 e. The van der Waals surface area contributed by atoms with E-state index < -0.39 is 0 Å². The molecule has 0 radical (unpaired) electrons. The van der Waals surface area contributed by atoms with Crippen LogP contribution in [0.5, 0.6) is 0 Å². The first-order valence-electron chi connectivity index (χ1n) is 13.5. The number of carbonyl (C=O) groups is 1. The van der Waals surface area contributed by atoms with Crippen LogP contribution in [0.4, 0.5) is 0 Å². The Morgan fingerprint density at radius 1 is 0.919 bits per heavy atom. The van der Waals surface area contributed by atoms with Gasteiger partial charge < -0.3 is 9.47 Å². The van der Waals surface area contributed by atoms with Crippen molar-refractivity contribution in [1.82, 2.24) is 29.3 Å². The number of hydrogen-bond acceptors (Lipinski definition) is 5. The first-order chi connectivity index (χ1) is 18.2. The molecular weight excluding hydrogens is 460 g/mol. The van der Waals surface area contributed by atoms with Gasteiger partial charge >= 0.3 is 0 Å². The summed E-state index contributed by atoms with van der Waals surface area (Å²) in [7, 11) is 0. The molecule has 7 heteroatoms. The molecule has 0 aliphatic carbocycles. The minimum absolute atomic E-state index is 0.145. The number of hydrogen-bond donors (Lipinski definition) is 0. The Kier molecular flexibility index (Phi) is 6.70. The number of benzene rings is 1. The highest BCUT2D eigenvalue weighted by Gasteiger charge is 2.32. The van der Waals surface area contributed by atoms with E-state index in [1.54, 1.807) is 0 Å². The molecule has 190 valence electrons. The van der Waals surface area contributed by atoms with Crippen molar-refractivity contribution in [2.24, 2.45) is 5.92 Å². The van der Waals surface area contributed by atoms with Gasteiger partial charge in [-0.1, -0.05) is 12.1 Å². The second kappa shape index (κ2) is 10.4. The third-order valence-corrected chi connectivity index (χ3v) is 7.97. The van der Waals surface area contributed by atoms with E-state index in [1.807, 2.05) is 36.8 Å². The second-order valence-electron chi connectivity index (χ2n) is 10.5. The summed E-state index contributed by atoms with van der Waals surface area (Å²) in [6.45, 7) is 6.59. The molecule has 6 rings (SSSR count). The number of aryl methyl sites for hydroxylation is 1. The number of carbonyl (C=O) groups excluding carboxylic acids is 1. The van der Waals surface area contributed by atoms with Crippen LogP contribution in [0, 0.1) is 12.8 Å². The predicted molar refractivity (Wildman–Crippen MR) is 145 cm³/mol. The molecule has 2 aliphatic rings. The summed E-state index contributed by atoms with van der Waals surface area (Å²) in [5, 5.41) is 0. The number of piperidine rings is 2. The number of rotatable bonds is 5. The minimum atomic E-state index is 0.145. The quantitative estimate of drug-likeness (QED) is 0.396. The molecule has 2 saturated heterocycles. The van der Waals surface area contributed by atoms with Gasteiger partial charge in [0.05, 0.1) is 11.0 Å². The molecule has 3 aromatic heterocycles. The van der Waals surface area contributed by atoms with E-state index in [4.69, 9.17) is 4.98 Å². The normalized spacial score (nSPS) is 17.9. The van der Waals surface area contributed by atoms with E-state index in [0.29, 0.717) is 11.9 Å². The third-order valence-electron chi connectivity index (χ3n) is 7.97. The molecule has 1 amide bonds. The molecule has 0 saturated carbocycles. The maximum Gasteiger partial charge on any atom is 0.225 e. The standard InChI is InChI=1S/C30H34N6O/c1-22-5-6-28-27(20-22)33-29(26-4-2-3-13-32-26)36(28)25-11-18-35(19-12-25)30(37)24-9-16-34(17-10-24)21-23-7-14-31-15-8-23/h2-8,13-15,20,24-25H,9-12,16-19,21H2,1H3. The molecule has 1 aromatic carbocycles. The fourth-order valence-electron chi connectivity index (χ4n) is 5.94. The lowest BCUT2D eigenvalue weighted by Gasteiger charge is -2.38. The molecule has 7 nitrogen and oxygen atoms in total. The zero-order valence-electron chi connectivity index (χ0n) is 21.5. The third kappa shape index (κ3) is 5.01. The summed E-state index contributed by atoms with van der Waals surface area (Å²) in [5.74, 6) is 1.41. The van der Waals surface area contributed by atoms with Crippen molar-refractivity contribution < 1.29 is 4.79 Å². The Labute approximate surface area is 218 Å². The van der Waals surface area contributed by atoms with Crippen molar-refractivity contribution in [2.45, 2.75) is 45.2 Å². The molecular formula is C30H34N6O. The van der Waals surface area contributed by atoms with E-state index in [1.165, 1.54) is 11.1 Å². The van der Waals surface area contributed by atoms with Crippen molar-refractivity contribution in [1.29, 1.82) is 0 Å². The first-order valence-corrected chi connectivity index (χ1v) is 13.5. The van der Waals surface area contributed by atoms with Crippen LogP contribution in [0.3, 0.4) is 0 Å². The van der Waals surface area contributed by atoms with Crippen molar-refractivity contribution in [3.63, 3.8) is 0 Å². The van der Waals surface area contributed by atoms with E-state index in [-0.39, 0.29) is 5.92 Å². The maximum absolute atomic E-state index is 13.4. The van der Waals surface area contributed by atoms with Crippen LogP contribution in [0.1, 0.15) is 42.9 Å². The summed E-state index contributed by atoms with van der Waals surface area (Å²) in [6, 6.07) is 16.9. The molecule has 37 heavy (non-hydrogen) atoms. The van der Waals surface area contributed by atoms with E-state index in [2.05, 4.69) is 61.6 Å². The Bertz CT molecular complexity index is 1350. The van der Waals surface area contributed by atoms with Crippen LogP contribution in [-0.4, -0.2) is 61.4 Å². The van der Waals surface area contributed by atoms with Crippen molar-refractivity contribution in [2.75, 3.05) is 26.2 Å². The van der Waals surface area contributed by atoms with E-state index in [0.717, 1.165) is 81.0 Å². The molecule has 0 spiro atoms. The summed E-state index contributed by atoms with van der Waals surface area (Å²) in [6.07, 6.45) is 9.29. The molecule has 0 bridgehead atoms. The summed E-state index contributed by atoms with van der Waals surface area (Å²) in [4.78, 5) is 31.7. The fourth-order valence-corrected chi connectivity index (χ4v) is 5.94. The number of amides is 1. The topological polar surface area (TPSA) is 67.2 Å². The molecule has 2 aliphatic heterocycles. The van der Waals surface area contributed by atoms with Gasteiger partial charge in [0.2, 0.25) is 5.91 Å². The van der Waals surface area contributed by atoms with E-state index >= 15 is 0 Å². The highest BCUT2D eigenvalue weighted by molar-refractivity contribution is 5.81. The highest BCUT2D eigenvalue weighted by Crippen LogP contribution is 2.34. The van der Waals surface area contributed by atoms with Gasteiger partial charge in [-0.05, 0) is 93.2 Å². The molecule has 2 fully saturated rings. The average molecular weight is 495 g/mol. The Morgan fingerprint density at radius 2 is 1.70 bits per heavy atom. The number of pyridine rings is 2. The smallest absolute Gasteiger partial charge is 0.225 e. The zero-order valence-corrected chi connectivity index (χ0v) is 21.5. The SMILES string of the molecule is Cc1ccc2c(c1)nc(-c1ccccn1)n2C1CCN(C(=O)C2CCN(Cc3ccncc3)CC2)CC1. The highest BCUT2D eigenvalue weighted by atomic mass is 16.2. The second-order valence-corrected chi connectivity index (χ2v) is 10.5. The summed E-state index contributed by atoms with van der Waals surface area (Å²) >= 11 is 0. The predicted octanol–water partition coefficient (Wildman–Crippen LogP) is 4.88. The maximum atomic E-state index is 13.4. The van der Waals surface area contributed by atoms with Crippen molar-refractivity contribution >= 4 is 16.9 Å². The monoisotopic (exact) mass is 494 g/mol. The van der Waals surface area contributed by atoms with Crippen LogP contribution < -0.4 is 0 Å². The lowest BCUT2D eigenvalue weighted by atomic mass is 9.93. The summed E-state index contributed by atoms with van der Waals surface area (Å²) in [5.41, 5.74) is 5.55. The molecule has 4 aromatic rings. The lowest BCUT2D eigenvalue weighted by molar-refractivity contribution is -0.138. The van der Waals surface area contributed by atoms with Gasteiger partial charge in [0.15, 0.2) is 5.82 Å². The van der Waals surface area contributed by atoms with Crippen LogP contribution in [-0.2, 0) is 11.3 Å². The molecule has 5 heterocycles. The number of nitrogens with zero attached hydrogens (tertiary/aromatic N) is 6. The number of aromatic nitrogens is 4. The molecule has 0 atom stereocenters.